The van der Waals surface area contributed by atoms with E-state index in [1.54, 1.807) is 37.6 Å². The lowest BCUT2D eigenvalue weighted by Crippen LogP contribution is -1.90. The van der Waals surface area contributed by atoms with E-state index in [0.29, 0.717) is 39.2 Å². The molecule has 9 heteroatoms. The molecule has 0 aliphatic heterocycles. The zero-order valence-corrected chi connectivity index (χ0v) is 17.0. The van der Waals surface area contributed by atoms with E-state index in [1.807, 2.05) is 18.2 Å². The molecule has 0 aliphatic carbocycles. The van der Waals surface area contributed by atoms with Crippen molar-refractivity contribution in [2.45, 2.75) is 6.92 Å². The Morgan fingerprint density at radius 1 is 1.19 bits per heavy atom. The molecular formula is C23H17FN8. The molecule has 2 N–H and O–H groups in total. The predicted molar refractivity (Wildman–Crippen MR) is 124 cm³/mol. The van der Waals surface area contributed by atoms with E-state index in [1.165, 1.54) is 12.5 Å². The van der Waals surface area contributed by atoms with E-state index in [4.69, 9.17) is 0 Å². The second-order valence-electron chi connectivity index (χ2n) is 7.07. The van der Waals surface area contributed by atoms with Crippen LogP contribution in [0.1, 0.15) is 12.5 Å². The van der Waals surface area contributed by atoms with Gasteiger partial charge in [-0.25, -0.2) is 19.4 Å². The maximum atomic E-state index is 15.6. The number of aromatic nitrogens is 6. The highest BCUT2D eigenvalue weighted by Crippen LogP contribution is 2.33. The van der Waals surface area contributed by atoms with Gasteiger partial charge in [0.25, 0.3) is 0 Å². The predicted octanol–water partition coefficient (Wildman–Crippen LogP) is 4.79. The maximum absolute atomic E-state index is 15.6. The summed E-state index contributed by atoms with van der Waals surface area (Å²) in [7, 11) is 0. The fourth-order valence-electron chi connectivity index (χ4n) is 3.60. The molecule has 4 aromatic heterocycles. The molecule has 32 heavy (non-hydrogen) atoms. The van der Waals surface area contributed by atoms with Gasteiger partial charge in [-0.3, -0.25) is 15.1 Å². The Bertz CT molecular complexity index is 1510. The zero-order chi connectivity index (χ0) is 22.1. The second kappa shape index (κ2) is 7.95. The van der Waals surface area contributed by atoms with Crippen LogP contribution in [-0.4, -0.2) is 43.2 Å². The fraction of sp³-hybridized carbons (Fsp3) is 0.0435. The Kier molecular flexibility index (Phi) is 4.83. The molecule has 1 aromatic carbocycles. The summed E-state index contributed by atoms with van der Waals surface area (Å²) in [5.41, 5.74) is 5.04. The lowest BCUT2D eigenvalue weighted by Gasteiger charge is -2.04. The molecule has 0 fully saturated rings. The smallest absolute Gasteiger partial charge is 0.178 e. The minimum Gasteiger partial charge on any atom is -0.335 e. The summed E-state index contributed by atoms with van der Waals surface area (Å²) in [6.07, 6.45) is 7.99. The molecule has 0 saturated heterocycles. The first kappa shape index (κ1) is 19.4. The van der Waals surface area contributed by atoms with Crippen LogP contribution in [0.4, 0.5) is 4.39 Å². The summed E-state index contributed by atoms with van der Waals surface area (Å²) < 4.78 is 15.6. The summed E-state index contributed by atoms with van der Waals surface area (Å²) in [5, 5.41) is 7.55. The molecule has 5 rings (SSSR count). The van der Waals surface area contributed by atoms with Crippen molar-refractivity contribution in [2.75, 3.05) is 0 Å². The first-order valence-electron chi connectivity index (χ1n) is 9.74. The number of halogens is 1. The van der Waals surface area contributed by atoms with Crippen LogP contribution in [-0.2, 0) is 0 Å². The molecule has 0 aliphatic rings. The quantitative estimate of drug-likeness (QED) is 0.312. The Balaban J connectivity index is 1.67. The van der Waals surface area contributed by atoms with Crippen molar-refractivity contribution in [1.29, 1.82) is 0 Å². The number of aromatic amines is 2. The van der Waals surface area contributed by atoms with E-state index >= 15 is 4.39 Å². The van der Waals surface area contributed by atoms with Gasteiger partial charge in [-0.1, -0.05) is 6.07 Å². The van der Waals surface area contributed by atoms with Gasteiger partial charge in [0, 0.05) is 41.5 Å². The Morgan fingerprint density at radius 2 is 2.09 bits per heavy atom. The van der Waals surface area contributed by atoms with Crippen molar-refractivity contribution in [3.05, 3.63) is 66.5 Å². The first-order chi connectivity index (χ1) is 15.7. The van der Waals surface area contributed by atoms with Crippen LogP contribution in [0.5, 0.6) is 0 Å². The number of pyridine rings is 2. The molecule has 5 aromatic rings. The van der Waals surface area contributed by atoms with Crippen LogP contribution in [0.25, 0.3) is 50.3 Å². The van der Waals surface area contributed by atoms with Crippen molar-refractivity contribution in [3.63, 3.8) is 0 Å². The van der Waals surface area contributed by atoms with Crippen LogP contribution < -0.4 is 0 Å². The molecule has 0 spiro atoms. The molecule has 4 heterocycles. The minimum absolute atomic E-state index is 0.336. The summed E-state index contributed by atoms with van der Waals surface area (Å²) in [4.78, 5) is 23.9. The standard InChI is InChI=1S/C23H17FN8/c1-13(10-27-12-25-2)15-5-6-17-18(19(15)24)21(32-31-17)23-29-20-16(7-9-28-22(20)30-23)14-4-3-8-26-11-14/h3-12H,2H2,1H3,(H,31,32)(H,28,29,30)/b13-10+,27-12?. The van der Waals surface area contributed by atoms with Gasteiger partial charge in [-0.15, -0.1) is 0 Å². The van der Waals surface area contributed by atoms with Crippen LogP contribution in [0, 0.1) is 5.82 Å². The van der Waals surface area contributed by atoms with E-state index in [-0.39, 0.29) is 0 Å². The fourth-order valence-corrected chi connectivity index (χ4v) is 3.60. The SMILES string of the molecule is C=NC=N/C=C(\C)c1ccc2[nH]nc(-c3nc4nccc(-c5cccnc5)c4[nH]3)c2c1F. The van der Waals surface area contributed by atoms with Crippen molar-refractivity contribution < 1.29 is 4.39 Å². The largest absolute Gasteiger partial charge is 0.335 e. The normalized spacial score (nSPS) is 12.2. The third-order valence-electron chi connectivity index (χ3n) is 5.10. The Labute approximate surface area is 181 Å². The maximum Gasteiger partial charge on any atom is 0.178 e. The molecule has 0 saturated carbocycles. The van der Waals surface area contributed by atoms with E-state index in [2.05, 4.69) is 46.8 Å². The summed E-state index contributed by atoms with van der Waals surface area (Å²) in [6, 6.07) is 9.16. The third kappa shape index (κ3) is 3.25. The van der Waals surface area contributed by atoms with Crippen molar-refractivity contribution in [2.24, 2.45) is 9.98 Å². The molecule has 156 valence electrons. The molecule has 0 bridgehead atoms. The number of allylic oxidation sites excluding steroid dienone is 1. The Morgan fingerprint density at radius 3 is 2.91 bits per heavy atom. The van der Waals surface area contributed by atoms with Gasteiger partial charge in [0.15, 0.2) is 11.5 Å². The number of H-pyrrole nitrogens is 2. The lowest BCUT2D eigenvalue weighted by molar-refractivity contribution is 0.636. The molecule has 0 unspecified atom stereocenters. The topological polar surface area (TPSA) is 108 Å². The molecule has 0 atom stereocenters. The number of hydrogen-bond donors (Lipinski definition) is 2. The number of nitrogens with one attached hydrogen (secondary N) is 2. The van der Waals surface area contributed by atoms with Gasteiger partial charge in [0.05, 0.1) is 16.4 Å². The number of nitrogens with zero attached hydrogens (tertiary/aromatic N) is 6. The third-order valence-corrected chi connectivity index (χ3v) is 5.10. The van der Waals surface area contributed by atoms with E-state index < -0.39 is 5.82 Å². The van der Waals surface area contributed by atoms with E-state index in [9.17, 15) is 0 Å². The molecule has 0 radical (unpaired) electrons. The van der Waals surface area contributed by atoms with Crippen molar-refractivity contribution in [1.82, 2.24) is 30.1 Å². The summed E-state index contributed by atoms with van der Waals surface area (Å²) in [6.45, 7) is 5.11. The van der Waals surface area contributed by atoms with Gasteiger partial charge in [-0.05, 0) is 43.5 Å². The number of rotatable bonds is 5. The molecule has 0 amide bonds. The minimum atomic E-state index is -0.414. The number of aliphatic imine (C=N–C) groups is 2. The molecular weight excluding hydrogens is 407 g/mol. The average Bonchev–Trinajstić information content (AvgIpc) is 3.44. The van der Waals surface area contributed by atoms with Gasteiger partial charge in [0.2, 0.25) is 0 Å². The van der Waals surface area contributed by atoms with Gasteiger partial charge < -0.3 is 4.98 Å². The van der Waals surface area contributed by atoms with Crippen LogP contribution >= 0.6 is 0 Å². The number of hydrogen-bond acceptors (Lipinski definition) is 5. The zero-order valence-electron chi connectivity index (χ0n) is 17.0. The van der Waals surface area contributed by atoms with Crippen LogP contribution in [0.15, 0.2) is 65.1 Å². The average molecular weight is 424 g/mol. The number of benzene rings is 1. The highest BCUT2D eigenvalue weighted by molar-refractivity contribution is 5.97. The van der Waals surface area contributed by atoms with Crippen LogP contribution in [0.3, 0.4) is 0 Å². The summed E-state index contributed by atoms with van der Waals surface area (Å²) >= 11 is 0. The van der Waals surface area contributed by atoms with Crippen molar-refractivity contribution in [3.8, 4) is 22.6 Å². The molecule has 8 nitrogen and oxygen atoms in total. The van der Waals surface area contributed by atoms with Gasteiger partial charge >= 0.3 is 0 Å². The Hall–Kier alpha value is -4.53. The number of imidazole rings is 1. The lowest BCUT2D eigenvalue weighted by atomic mass is 10.0. The summed E-state index contributed by atoms with van der Waals surface area (Å²) in [5.74, 6) is 0.00399. The first-order valence-corrected chi connectivity index (χ1v) is 9.74. The van der Waals surface area contributed by atoms with E-state index in [0.717, 1.165) is 16.6 Å². The van der Waals surface area contributed by atoms with Gasteiger partial charge in [-0.2, -0.15) is 5.10 Å². The van der Waals surface area contributed by atoms with Crippen LogP contribution in [0.2, 0.25) is 0 Å². The monoisotopic (exact) mass is 424 g/mol. The second-order valence-corrected chi connectivity index (χ2v) is 7.07. The number of fused-ring (bicyclic) bond motifs is 2. The van der Waals surface area contributed by atoms with Crippen molar-refractivity contribution >= 4 is 40.7 Å². The highest BCUT2D eigenvalue weighted by Gasteiger charge is 2.20. The highest BCUT2D eigenvalue weighted by atomic mass is 19.1. The van der Waals surface area contributed by atoms with Gasteiger partial charge in [0.1, 0.15) is 17.8 Å².